The summed E-state index contributed by atoms with van der Waals surface area (Å²) < 4.78 is 5.48. The van der Waals surface area contributed by atoms with E-state index in [9.17, 15) is 4.79 Å². The second-order valence-electron chi connectivity index (χ2n) is 5.93. The van der Waals surface area contributed by atoms with E-state index in [1.165, 1.54) is 0 Å². The summed E-state index contributed by atoms with van der Waals surface area (Å²) in [4.78, 5) is 12.0. The molecule has 0 saturated heterocycles. The van der Waals surface area contributed by atoms with Crippen molar-refractivity contribution >= 4 is 23.7 Å². The number of hydrogen-bond donors (Lipinski definition) is 1. The third-order valence-corrected chi connectivity index (χ3v) is 3.86. The number of anilines is 1. The van der Waals surface area contributed by atoms with Crippen LogP contribution in [0.4, 0.5) is 5.69 Å². The molecule has 0 aliphatic rings. The predicted octanol–water partition coefficient (Wildman–Crippen LogP) is 5.33. The Morgan fingerprint density at radius 3 is 2.24 bits per heavy atom. The van der Waals surface area contributed by atoms with Gasteiger partial charge in [0.05, 0.1) is 0 Å². The molecule has 0 radical (unpaired) electrons. The van der Waals surface area contributed by atoms with E-state index >= 15 is 0 Å². The average molecular weight is 331 g/mol. The van der Waals surface area contributed by atoms with Gasteiger partial charge < -0.3 is 9.73 Å². The highest BCUT2D eigenvalue weighted by Gasteiger charge is 2.05. The third-order valence-electron chi connectivity index (χ3n) is 3.86. The summed E-state index contributed by atoms with van der Waals surface area (Å²) in [5.41, 5.74) is 3.05. The molecule has 0 spiro atoms. The van der Waals surface area contributed by atoms with Gasteiger partial charge in [-0.15, -0.1) is 0 Å². The first-order chi connectivity index (χ1) is 12.2. The Hall–Kier alpha value is -3.07. The summed E-state index contributed by atoms with van der Waals surface area (Å²) in [5, 5.41) is 2.92. The van der Waals surface area contributed by atoms with Crippen LogP contribution in [0.2, 0.25) is 0 Å². The largest absolute Gasteiger partial charge is 0.466 e. The summed E-state index contributed by atoms with van der Waals surface area (Å²) in [6.07, 6.45) is 5.14. The zero-order chi connectivity index (χ0) is 17.5. The lowest BCUT2D eigenvalue weighted by Crippen LogP contribution is -2.12. The fraction of sp³-hybridized carbons (Fsp3) is 0.136. The van der Waals surface area contributed by atoms with Crippen LogP contribution in [-0.4, -0.2) is 5.91 Å². The maximum absolute atomic E-state index is 12.0. The van der Waals surface area contributed by atoms with E-state index in [1.807, 2.05) is 61.5 Å². The highest BCUT2D eigenvalue weighted by molar-refractivity contribution is 5.91. The Balaban J connectivity index is 1.51. The standard InChI is InChI=1S/C22H21NO2/c1-17-7-14-21(25-17)15-16-22(24)23-20-12-10-19(11-13-20)9-8-18-5-3-2-4-6-18/h2-14H,15-16H2,1H3,(H,23,24)/b9-8+. The van der Waals surface area contributed by atoms with Crippen molar-refractivity contribution in [3.05, 3.63) is 89.4 Å². The molecule has 1 amide bonds. The number of nitrogens with one attached hydrogen (secondary N) is 1. The number of hydrogen-bond acceptors (Lipinski definition) is 2. The molecule has 0 fully saturated rings. The molecule has 126 valence electrons. The first kappa shape index (κ1) is 16.8. The van der Waals surface area contributed by atoms with Crippen LogP contribution in [0.25, 0.3) is 12.2 Å². The topological polar surface area (TPSA) is 42.2 Å². The number of carbonyl (C=O) groups excluding carboxylic acids is 1. The van der Waals surface area contributed by atoms with Crippen molar-refractivity contribution in [3.8, 4) is 0 Å². The van der Waals surface area contributed by atoms with Gasteiger partial charge in [0.15, 0.2) is 0 Å². The molecule has 3 rings (SSSR count). The summed E-state index contributed by atoms with van der Waals surface area (Å²) in [6.45, 7) is 1.90. The van der Waals surface area contributed by atoms with Crippen LogP contribution in [0.15, 0.2) is 71.1 Å². The molecule has 0 bridgehead atoms. The number of benzene rings is 2. The zero-order valence-corrected chi connectivity index (χ0v) is 14.2. The molecule has 0 aliphatic heterocycles. The Bertz CT molecular complexity index is 845. The van der Waals surface area contributed by atoms with Crippen molar-refractivity contribution in [2.75, 3.05) is 5.32 Å². The Morgan fingerprint density at radius 2 is 1.60 bits per heavy atom. The quantitative estimate of drug-likeness (QED) is 0.620. The van der Waals surface area contributed by atoms with E-state index in [0.29, 0.717) is 12.8 Å². The van der Waals surface area contributed by atoms with E-state index in [0.717, 1.165) is 28.3 Å². The second kappa shape index (κ2) is 8.15. The van der Waals surface area contributed by atoms with Crippen molar-refractivity contribution in [2.24, 2.45) is 0 Å². The van der Waals surface area contributed by atoms with Crippen molar-refractivity contribution < 1.29 is 9.21 Å². The Labute approximate surface area is 148 Å². The molecular weight excluding hydrogens is 310 g/mol. The molecule has 1 N–H and O–H groups in total. The van der Waals surface area contributed by atoms with Gasteiger partial charge in [-0.05, 0) is 42.3 Å². The molecule has 0 atom stereocenters. The van der Waals surface area contributed by atoms with Crippen LogP contribution in [0.1, 0.15) is 29.1 Å². The third kappa shape index (κ3) is 5.21. The van der Waals surface area contributed by atoms with Gasteiger partial charge in [0.25, 0.3) is 0 Å². The maximum Gasteiger partial charge on any atom is 0.224 e. The molecule has 3 heteroatoms. The van der Waals surface area contributed by atoms with E-state index in [2.05, 4.69) is 29.6 Å². The number of carbonyl (C=O) groups is 1. The van der Waals surface area contributed by atoms with E-state index in [1.54, 1.807) is 0 Å². The SMILES string of the molecule is Cc1ccc(CCC(=O)Nc2ccc(/C=C/c3ccccc3)cc2)o1. The highest BCUT2D eigenvalue weighted by atomic mass is 16.3. The number of rotatable bonds is 6. The lowest BCUT2D eigenvalue weighted by Gasteiger charge is -2.05. The fourth-order valence-electron chi connectivity index (χ4n) is 2.51. The van der Waals surface area contributed by atoms with Gasteiger partial charge in [0.1, 0.15) is 11.5 Å². The number of aryl methyl sites for hydroxylation is 2. The summed E-state index contributed by atoms with van der Waals surface area (Å²) in [5.74, 6) is 1.70. The van der Waals surface area contributed by atoms with Crippen molar-refractivity contribution in [3.63, 3.8) is 0 Å². The number of amides is 1. The van der Waals surface area contributed by atoms with Gasteiger partial charge in [0, 0.05) is 18.5 Å². The van der Waals surface area contributed by atoms with Crippen molar-refractivity contribution in [1.29, 1.82) is 0 Å². The molecule has 1 aromatic heterocycles. The molecule has 1 heterocycles. The van der Waals surface area contributed by atoms with Gasteiger partial charge in [-0.25, -0.2) is 0 Å². The Kier molecular flexibility index (Phi) is 5.47. The summed E-state index contributed by atoms with van der Waals surface area (Å²) in [7, 11) is 0. The Morgan fingerprint density at radius 1 is 0.920 bits per heavy atom. The number of furan rings is 1. The van der Waals surface area contributed by atoms with Crippen LogP contribution in [0.5, 0.6) is 0 Å². The minimum absolute atomic E-state index is 0.0124. The van der Waals surface area contributed by atoms with Gasteiger partial charge in [0.2, 0.25) is 5.91 Å². The van der Waals surface area contributed by atoms with Crippen LogP contribution in [-0.2, 0) is 11.2 Å². The molecular formula is C22H21NO2. The molecule has 3 aromatic rings. The molecule has 0 aliphatic carbocycles. The van der Waals surface area contributed by atoms with Crippen molar-refractivity contribution in [2.45, 2.75) is 19.8 Å². The van der Waals surface area contributed by atoms with Crippen LogP contribution >= 0.6 is 0 Å². The zero-order valence-electron chi connectivity index (χ0n) is 14.2. The fourth-order valence-corrected chi connectivity index (χ4v) is 2.51. The molecule has 0 unspecified atom stereocenters. The van der Waals surface area contributed by atoms with Gasteiger partial charge in [-0.2, -0.15) is 0 Å². The predicted molar refractivity (Wildman–Crippen MR) is 102 cm³/mol. The minimum atomic E-state index is -0.0124. The van der Waals surface area contributed by atoms with E-state index < -0.39 is 0 Å². The second-order valence-corrected chi connectivity index (χ2v) is 5.93. The molecule has 2 aromatic carbocycles. The molecule has 25 heavy (non-hydrogen) atoms. The van der Waals surface area contributed by atoms with Gasteiger partial charge >= 0.3 is 0 Å². The van der Waals surface area contributed by atoms with E-state index in [-0.39, 0.29) is 5.91 Å². The maximum atomic E-state index is 12.0. The summed E-state index contributed by atoms with van der Waals surface area (Å²) >= 11 is 0. The molecule has 0 saturated carbocycles. The molecule has 3 nitrogen and oxygen atoms in total. The average Bonchev–Trinajstić information content (AvgIpc) is 3.06. The van der Waals surface area contributed by atoms with E-state index in [4.69, 9.17) is 4.42 Å². The lowest BCUT2D eigenvalue weighted by atomic mass is 10.1. The highest BCUT2D eigenvalue weighted by Crippen LogP contribution is 2.14. The van der Waals surface area contributed by atoms with Crippen molar-refractivity contribution in [1.82, 2.24) is 0 Å². The van der Waals surface area contributed by atoms with Crippen LogP contribution < -0.4 is 5.32 Å². The first-order valence-electron chi connectivity index (χ1n) is 8.37. The first-order valence-corrected chi connectivity index (χ1v) is 8.37. The smallest absolute Gasteiger partial charge is 0.224 e. The monoisotopic (exact) mass is 331 g/mol. The minimum Gasteiger partial charge on any atom is -0.466 e. The van der Waals surface area contributed by atoms with Crippen LogP contribution in [0.3, 0.4) is 0 Å². The lowest BCUT2D eigenvalue weighted by molar-refractivity contribution is -0.116. The van der Waals surface area contributed by atoms with Gasteiger partial charge in [-0.1, -0.05) is 54.6 Å². The van der Waals surface area contributed by atoms with Crippen LogP contribution in [0, 0.1) is 6.92 Å². The van der Waals surface area contributed by atoms with Gasteiger partial charge in [-0.3, -0.25) is 4.79 Å². The summed E-state index contributed by atoms with van der Waals surface area (Å²) in [6, 6.07) is 21.8. The normalized spacial score (nSPS) is 10.9.